The molecule has 6 rings (SSSR count). The molecule has 0 unspecified atom stereocenters. The number of morpholine rings is 1. The smallest absolute Gasteiger partial charge is 0.137 e. The van der Waals surface area contributed by atoms with E-state index < -0.39 is 11.6 Å². The molecule has 1 saturated heterocycles. The lowest BCUT2D eigenvalue weighted by molar-refractivity contribution is 0.122. The quantitative estimate of drug-likeness (QED) is 0.321. The lowest BCUT2D eigenvalue weighted by atomic mass is 10.0. The maximum atomic E-state index is 15.4. The summed E-state index contributed by atoms with van der Waals surface area (Å²) >= 11 is 1.90. The first-order chi connectivity index (χ1) is 18.6. The van der Waals surface area contributed by atoms with Crippen molar-refractivity contribution in [3.05, 3.63) is 77.6 Å². The number of benzene rings is 1. The molecule has 0 atom stereocenters. The van der Waals surface area contributed by atoms with E-state index >= 15 is 4.39 Å². The number of nitrogens with zero attached hydrogens (tertiary/aromatic N) is 4. The Morgan fingerprint density at radius 3 is 2.71 bits per heavy atom. The SMILES string of the molecule is Cc1c(-c2ccccn2)nc2cc(F)cc(F)c2c1Nc1cc(N2CCOCC2)ncc1C1=CCSCC1. The summed E-state index contributed by atoms with van der Waals surface area (Å²) in [6.45, 7) is 4.68. The summed E-state index contributed by atoms with van der Waals surface area (Å²) < 4.78 is 35.2. The zero-order chi connectivity index (χ0) is 26.1. The van der Waals surface area contributed by atoms with Crippen molar-refractivity contribution >= 4 is 45.4 Å². The summed E-state index contributed by atoms with van der Waals surface area (Å²) in [4.78, 5) is 16.1. The minimum atomic E-state index is -0.673. The third-order valence-corrected chi connectivity index (χ3v) is 7.84. The van der Waals surface area contributed by atoms with E-state index in [0.29, 0.717) is 30.3 Å². The van der Waals surface area contributed by atoms with Gasteiger partial charge >= 0.3 is 0 Å². The minimum Gasteiger partial charge on any atom is -0.378 e. The molecule has 1 fully saturated rings. The van der Waals surface area contributed by atoms with Crippen LogP contribution in [0.4, 0.5) is 26.0 Å². The van der Waals surface area contributed by atoms with E-state index in [1.54, 1.807) is 6.20 Å². The maximum Gasteiger partial charge on any atom is 0.137 e. The molecular weight excluding hydrogens is 504 g/mol. The molecule has 0 spiro atoms. The summed E-state index contributed by atoms with van der Waals surface area (Å²) in [6.07, 6.45) is 6.75. The third kappa shape index (κ3) is 4.83. The van der Waals surface area contributed by atoms with E-state index in [9.17, 15) is 4.39 Å². The summed E-state index contributed by atoms with van der Waals surface area (Å²) in [5, 5.41) is 3.80. The van der Waals surface area contributed by atoms with Crippen molar-refractivity contribution in [2.75, 3.05) is 48.0 Å². The van der Waals surface area contributed by atoms with Gasteiger partial charge in [-0.05, 0) is 36.8 Å². The van der Waals surface area contributed by atoms with Crippen LogP contribution in [0, 0.1) is 18.6 Å². The van der Waals surface area contributed by atoms with Gasteiger partial charge in [0, 0.05) is 60.6 Å². The van der Waals surface area contributed by atoms with Gasteiger partial charge in [-0.15, -0.1) is 0 Å². The Balaban J connectivity index is 1.54. The Kier molecular flexibility index (Phi) is 6.95. The molecule has 5 heterocycles. The van der Waals surface area contributed by atoms with Gasteiger partial charge in [0.05, 0.1) is 46.9 Å². The monoisotopic (exact) mass is 531 g/mol. The van der Waals surface area contributed by atoms with Crippen LogP contribution in [0.1, 0.15) is 17.5 Å². The highest BCUT2D eigenvalue weighted by molar-refractivity contribution is 7.99. The lowest BCUT2D eigenvalue weighted by Gasteiger charge is -2.29. The molecule has 0 amide bonds. The number of halogens is 2. The van der Waals surface area contributed by atoms with Crippen LogP contribution < -0.4 is 10.2 Å². The van der Waals surface area contributed by atoms with Crippen LogP contribution in [-0.4, -0.2) is 52.8 Å². The number of rotatable bonds is 5. The molecule has 0 radical (unpaired) electrons. The van der Waals surface area contributed by atoms with Gasteiger partial charge in [-0.2, -0.15) is 11.8 Å². The number of ether oxygens (including phenoxy) is 1. The predicted octanol–water partition coefficient (Wildman–Crippen LogP) is 6.38. The number of hydrogen-bond acceptors (Lipinski definition) is 7. The topological polar surface area (TPSA) is 63.2 Å². The molecule has 0 aliphatic carbocycles. The fourth-order valence-electron chi connectivity index (χ4n) is 4.99. The number of nitrogens with one attached hydrogen (secondary N) is 1. The molecule has 1 aromatic carbocycles. The summed E-state index contributed by atoms with van der Waals surface area (Å²) in [7, 11) is 0. The second kappa shape index (κ2) is 10.7. The highest BCUT2D eigenvalue weighted by atomic mass is 32.2. The molecule has 2 aliphatic heterocycles. The average molecular weight is 532 g/mol. The van der Waals surface area contributed by atoms with Gasteiger partial charge in [-0.3, -0.25) is 4.98 Å². The molecule has 6 nitrogen and oxygen atoms in total. The van der Waals surface area contributed by atoms with Crippen LogP contribution in [0.15, 0.2) is 54.9 Å². The van der Waals surface area contributed by atoms with Crippen LogP contribution >= 0.6 is 11.8 Å². The molecule has 3 aromatic heterocycles. The van der Waals surface area contributed by atoms with Crippen molar-refractivity contribution in [2.24, 2.45) is 0 Å². The van der Waals surface area contributed by atoms with E-state index in [1.165, 1.54) is 11.6 Å². The molecule has 4 aromatic rings. The van der Waals surface area contributed by atoms with Crippen LogP contribution in [-0.2, 0) is 4.74 Å². The van der Waals surface area contributed by atoms with E-state index in [0.717, 1.165) is 59.7 Å². The highest BCUT2D eigenvalue weighted by Gasteiger charge is 2.22. The van der Waals surface area contributed by atoms with Gasteiger partial charge < -0.3 is 15.0 Å². The normalized spacial score (nSPS) is 16.0. The molecule has 1 N–H and O–H groups in total. The van der Waals surface area contributed by atoms with Crippen molar-refractivity contribution in [2.45, 2.75) is 13.3 Å². The number of hydrogen-bond donors (Lipinski definition) is 1. The second-order valence-corrected chi connectivity index (χ2v) is 10.5. The van der Waals surface area contributed by atoms with Gasteiger partial charge in [0.1, 0.15) is 17.5 Å². The summed E-state index contributed by atoms with van der Waals surface area (Å²) in [6, 6.07) is 9.74. The number of fused-ring (bicyclic) bond motifs is 1. The van der Waals surface area contributed by atoms with Crippen molar-refractivity contribution in [1.29, 1.82) is 0 Å². The number of thioether (sulfide) groups is 1. The third-order valence-electron chi connectivity index (χ3n) is 6.95. The zero-order valence-corrected chi connectivity index (χ0v) is 21.8. The predicted molar refractivity (Wildman–Crippen MR) is 150 cm³/mol. The largest absolute Gasteiger partial charge is 0.378 e. The van der Waals surface area contributed by atoms with E-state index in [4.69, 9.17) is 9.72 Å². The van der Waals surface area contributed by atoms with Crippen molar-refractivity contribution in [1.82, 2.24) is 15.0 Å². The second-order valence-electron chi connectivity index (χ2n) is 9.32. The first-order valence-electron chi connectivity index (χ1n) is 12.7. The van der Waals surface area contributed by atoms with Crippen LogP contribution in [0.25, 0.3) is 27.9 Å². The Bertz CT molecular complexity index is 1520. The van der Waals surface area contributed by atoms with Gasteiger partial charge in [-0.25, -0.2) is 18.7 Å². The Hall–Kier alpha value is -3.56. The standard InChI is InChI=1S/C29H27F2N5OS/c1-18-28(23-4-2-3-7-32-23)35-25-15-20(30)14-22(31)27(25)29(18)34-24-16-26(36-8-10-37-11-9-36)33-17-21(24)19-5-12-38-13-6-19/h2-5,7,14-17H,6,8-13H2,1H3,(H,33,34,35). The molecule has 38 heavy (non-hydrogen) atoms. The zero-order valence-electron chi connectivity index (χ0n) is 21.0. The molecule has 9 heteroatoms. The fraction of sp³-hybridized carbons (Fsp3) is 0.276. The van der Waals surface area contributed by atoms with E-state index in [-0.39, 0.29) is 10.9 Å². The van der Waals surface area contributed by atoms with Gasteiger partial charge in [0.15, 0.2) is 0 Å². The van der Waals surface area contributed by atoms with Crippen LogP contribution in [0.3, 0.4) is 0 Å². The molecule has 2 aliphatic rings. The number of allylic oxidation sites excluding steroid dienone is 1. The van der Waals surface area contributed by atoms with Gasteiger partial charge in [0.25, 0.3) is 0 Å². The van der Waals surface area contributed by atoms with Crippen molar-refractivity contribution in [3.8, 4) is 11.4 Å². The minimum absolute atomic E-state index is 0.230. The van der Waals surface area contributed by atoms with Gasteiger partial charge in [-0.1, -0.05) is 12.1 Å². The lowest BCUT2D eigenvalue weighted by Crippen LogP contribution is -2.36. The van der Waals surface area contributed by atoms with E-state index in [2.05, 4.69) is 26.3 Å². The summed E-state index contributed by atoms with van der Waals surface area (Å²) in [5.74, 6) is 1.47. The molecular formula is C29H27F2N5OS. The van der Waals surface area contributed by atoms with Crippen molar-refractivity contribution < 1.29 is 13.5 Å². The number of aromatic nitrogens is 3. The first-order valence-corrected chi connectivity index (χ1v) is 13.8. The Labute approximate surface area is 224 Å². The molecule has 194 valence electrons. The summed E-state index contributed by atoms with van der Waals surface area (Å²) in [5.41, 5.74) is 5.72. The Morgan fingerprint density at radius 2 is 1.95 bits per heavy atom. The van der Waals surface area contributed by atoms with Crippen molar-refractivity contribution in [3.63, 3.8) is 0 Å². The fourth-order valence-corrected chi connectivity index (χ4v) is 5.84. The first kappa shape index (κ1) is 24.8. The van der Waals surface area contributed by atoms with Gasteiger partial charge in [0.2, 0.25) is 0 Å². The van der Waals surface area contributed by atoms with E-state index in [1.807, 2.05) is 49.1 Å². The van der Waals surface area contributed by atoms with Crippen LogP contribution in [0.2, 0.25) is 0 Å². The van der Waals surface area contributed by atoms with Crippen LogP contribution in [0.5, 0.6) is 0 Å². The maximum absolute atomic E-state index is 15.4. The molecule has 0 saturated carbocycles. The number of pyridine rings is 3. The average Bonchev–Trinajstić information content (AvgIpc) is 2.95. The highest BCUT2D eigenvalue weighted by Crippen LogP contribution is 2.40. The Morgan fingerprint density at radius 1 is 1.08 bits per heavy atom. The molecule has 0 bridgehead atoms. The number of anilines is 3.